The molecule has 2 rings (SSSR count). The number of amides is 1. The SMILES string of the molecule is C[C@@H]1CC[C@H](CCC(=O)N2CCNC[C@H]2C)O1. The molecule has 0 unspecified atom stereocenters. The topological polar surface area (TPSA) is 41.6 Å². The third-order valence-electron chi connectivity index (χ3n) is 3.82. The molecule has 0 radical (unpaired) electrons. The average Bonchev–Trinajstić information content (AvgIpc) is 2.73. The van der Waals surface area contributed by atoms with Crippen LogP contribution < -0.4 is 5.32 Å². The van der Waals surface area contributed by atoms with Crippen molar-refractivity contribution in [2.45, 2.75) is 57.8 Å². The predicted molar refractivity (Wildman–Crippen MR) is 66.8 cm³/mol. The first-order valence-electron chi connectivity index (χ1n) is 6.82. The third kappa shape index (κ3) is 3.42. The Morgan fingerprint density at radius 1 is 1.41 bits per heavy atom. The molecule has 1 amide bonds. The maximum atomic E-state index is 12.1. The zero-order valence-corrected chi connectivity index (χ0v) is 10.9. The fraction of sp³-hybridized carbons (Fsp3) is 0.923. The molecule has 0 aromatic carbocycles. The van der Waals surface area contributed by atoms with Gasteiger partial charge in [-0.05, 0) is 33.1 Å². The average molecular weight is 240 g/mol. The molecule has 1 N–H and O–H groups in total. The van der Waals surface area contributed by atoms with Gasteiger partial charge >= 0.3 is 0 Å². The highest BCUT2D eigenvalue weighted by Crippen LogP contribution is 2.23. The van der Waals surface area contributed by atoms with E-state index in [1.54, 1.807) is 0 Å². The molecule has 4 nitrogen and oxygen atoms in total. The Kier molecular flexibility index (Phi) is 4.40. The molecule has 98 valence electrons. The first kappa shape index (κ1) is 12.8. The Hall–Kier alpha value is -0.610. The van der Waals surface area contributed by atoms with E-state index < -0.39 is 0 Å². The zero-order chi connectivity index (χ0) is 12.3. The predicted octanol–water partition coefficient (Wildman–Crippen LogP) is 1.15. The monoisotopic (exact) mass is 240 g/mol. The number of rotatable bonds is 3. The Labute approximate surface area is 104 Å². The van der Waals surface area contributed by atoms with Gasteiger partial charge in [-0.3, -0.25) is 4.79 Å². The van der Waals surface area contributed by atoms with E-state index in [9.17, 15) is 4.79 Å². The summed E-state index contributed by atoms with van der Waals surface area (Å²) in [6.07, 6.45) is 4.48. The van der Waals surface area contributed by atoms with Gasteiger partial charge < -0.3 is 15.0 Å². The number of nitrogens with zero attached hydrogens (tertiary/aromatic N) is 1. The summed E-state index contributed by atoms with van der Waals surface area (Å²) in [7, 11) is 0. The second-order valence-corrected chi connectivity index (χ2v) is 5.33. The summed E-state index contributed by atoms with van der Waals surface area (Å²) in [5.74, 6) is 0.294. The van der Waals surface area contributed by atoms with Crippen molar-refractivity contribution in [1.29, 1.82) is 0 Å². The molecule has 0 aromatic rings. The normalized spacial score (nSPS) is 34.0. The van der Waals surface area contributed by atoms with Crippen LogP contribution in [0.4, 0.5) is 0 Å². The molecule has 2 heterocycles. The number of ether oxygens (including phenoxy) is 1. The highest BCUT2D eigenvalue weighted by molar-refractivity contribution is 5.76. The molecule has 2 fully saturated rings. The van der Waals surface area contributed by atoms with Crippen LogP contribution in [0.2, 0.25) is 0 Å². The summed E-state index contributed by atoms with van der Waals surface area (Å²) in [5.41, 5.74) is 0. The highest BCUT2D eigenvalue weighted by Gasteiger charge is 2.26. The van der Waals surface area contributed by atoms with Crippen LogP contribution in [0.15, 0.2) is 0 Å². The minimum Gasteiger partial charge on any atom is -0.375 e. The molecule has 17 heavy (non-hydrogen) atoms. The quantitative estimate of drug-likeness (QED) is 0.804. The van der Waals surface area contributed by atoms with Crippen LogP contribution in [-0.4, -0.2) is 48.7 Å². The summed E-state index contributed by atoms with van der Waals surface area (Å²) < 4.78 is 5.74. The van der Waals surface area contributed by atoms with Gasteiger partial charge in [0.25, 0.3) is 0 Å². The number of nitrogens with one attached hydrogen (secondary N) is 1. The van der Waals surface area contributed by atoms with Gasteiger partial charge in [-0.2, -0.15) is 0 Å². The van der Waals surface area contributed by atoms with E-state index in [4.69, 9.17) is 4.74 Å². The lowest BCUT2D eigenvalue weighted by atomic mass is 10.1. The van der Waals surface area contributed by atoms with Gasteiger partial charge in [-0.15, -0.1) is 0 Å². The third-order valence-corrected chi connectivity index (χ3v) is 3.82. The van der Waals surface area contributed by atoms with E-state index in [1.165, 1.54) is 0 Å². The molecule has 0 spiro atoms. The summed E-state index contributed by atoms with van der Waals surface area (Å²) in [4.78, 5) is 14.1. The molecular weight excluding hydrogens is 216 g/mol. The van der Waals surface area contributed by atoms with E-state index in [0.717, 1.165) is 38.9 Å². The molecule has 3 atom stereocenters. The van der Waals surface area contributed by atoms with Gasteiger partial charge in [0.05, 0.1) is 12.2 Å². The molecule has 4 heteroatoms. The molecule has 0 aliphatic carbocycles. The lowest BCUT2D eigenvalue weighted by Gasteiger charge is -2.34. The summed E-state index contributed by atoms with van der Waals surface area (Å²) in [6.45, 7) is 6.91. The number of hydrogen-bond donors (Lipinski definition) is 1. The zero-order valence-electron chi connectivity index (χ0n) is 10.9. The molecule has 2 saturated heterocycles. The van der Waals surface area contributed by atoms with Gasteiger partial charge in [-0.25, -0.2) is 0 Å². The molecule has 0 aromatic heterocycles. The number of carbonyl (C=O) groups is 1. The second-order valence-electron chi connectivity index (χ2n) is 5.33. The summed E-state index contributed by atoms with van der Waals surface area (Å²) in [6, 6.07) is 0.333. The standard InChI is InChI=1S/C13H24N2O2/c1-10-9-14-7-8-15(10)13(16)6-5-12-4-3-11(2)17-12/h10-12,14H,3-9H2,1-2H3/t10-,11-,12-/m1/s1. The van der Waals surface area contributed by atoms with Gasteiger partial charge in [0.15, 0.2) is 0 Å². The van der Waals surface area contributed by atoms with Crippen molar-refractivity contribution in [1.82, 2.24) is 10.2 Å². The summed E-state index contributed by atoms with van der Waals surface area (Å²) in [5, 5.41) is 3.30. The van der Waals surface area contributed by atoms with Crippen molar-refractivity contribution in [3.05, 3.63) is 0 Å². The van der Waals surface area contributed by atoms with E-state index >= 15 is 0 Å². The van der Waals surface area contributed by atoms with Gasteiger partial charge in [0.1, 0.15) is 0 Å². The maximum absolute atomic E-state index is 12.1. The fourth-order valence-corrected chi connectivity index (χ4v) is 2.74. The largest absolute Gasteiger partial charge is 0.375 e. The van der Waals surface area contributed by atoms with Crippen molar-refractivity contribution in [3.8, 4) is 0 Å². The van der Waals surface area contributed by atoms with Crippen molar-refractivity contribution in [3.63, 3.8) is 0 Å². The molecule has 0 saturated carbocycles. The van der Waals surface area contributed by atoms with Crippen LogP contribution >= 0.6 is 0 Å². The van der Waals surface area contributed by atoms with E-state index in [0.29, 0.717) is 30.6 Å². The lowest BCUT2D eigenvalue weighted by molar-refractivity contribution is -0.134. The maximum Gasteiger partial charge on any atom is 0.222 e. The van der Waals surface area contributed by atoms with Crippen molar-refractivity contribution >= 4 is 5.91 Å². The van der Waals surface area contributed by atoms with Crippen LogP contribution in [0.1, 0.15) is 39.5 Å². The van der Waals surface area contributed by atoms with Crippen molar-refractivity contribution < 1.29 is 9.53 Å². The van der Waals surface area contributed by atoms with Crippen molar-refractivity contribution in [2.24, 2.45) is 0 Å². The van der Waals surface area contributed by atoms with Crippen LogP contribution in [-0.2, 0) is 9.53 Å². The van der Waals surface area contributed by atoms with E-state index in [-0.39, 0.29) is 0 Å². The lowest BCUT2D eigenvalue weighted by Crippen LogP contribution is -2.52. The molecule has 0 bridgehead atoms. The van der Waals surface area contributed by atoms with E-state index in [2.05, 4.69) is 19.2 Å². The molecule has 2 aliphatic rings. The number of hydrogen-bond acceptors (Lipinski definition) is 3. The first-order chi connectivity index (χ1) is 8.16. The minimum absolute atomic E-state index is 0.294. The van der Waals surface area contributed by atoms with E-state index in [1.807, 2.05) is 4.90 Å². The Balaban J connectivity index is 1.73. The number of carbonyl (C=O) groups excluding carboxylic acids is 1. The minimum atomic E-state index is 0.294. The Morgan fingerprint density at radius 2 is 2.24 bits per heavy atom. The second kappa shape index (κ2) is 5.83. The van der Waals surface area contributed by atoms with Gasteiger partial charge in [0, 0.05) is 32.1 Å². The van der Waals surface area contributed by atoms with Crippen LogP contribution in [0, 0.1) is 0 Å². The van der Waals surface area contributed by atoms with Gasteiger partial charge in [-0.1, -0.05) is 0 Å². The van der Waals surface area contributed by atoms with Crippen LogP contribution in [0.3, 0.4) is 0 Å². The smallest absolute Gasteiger partial charge is 0.222 e. The Morgan fingerprint density at radius 3 is 2.88 bits per heavy atom. The summed E-state index contributed by atoms with van der Waals surface area (Å²) >= 11 is 0. The van der Waals surface area contributed by atoms with Crippen LogP contribution in [0.5, 0.6) is 0 Å². The fourth-order valence-electron chi connectivity index (χ4n) is 2.74. The van der Waals surface area contributed by atoms with Crippen molar-refractivity contribution in [2.75, 3.05) is 19.6 Å². The number of piperazine rings is 1. The molecular formula is C13H24N2O2. The Bertz CT molecular complexity index is 270. The first-order valence-corrected chi connectivity index (χ1v) is 6.82. The highest BCUT2D eigenvalue weighted by atomic mass is 16.5. The van der Waals surface area contributed by atoms with Gasteiger partial charge in [0.2, 0.25) is 5.91 Å². The van der Waals surface area contributed by atoms with Crippen LogP contribution in [0.25, 0.3) is 0 Å². The molecule has 2 aliphatic heterocycles.